The van der Waals surface area contributed by atoms with Crippen molar-refractivity contribution < 1.29 is 14.3 Å². The van der Waals surface area contributed by atoms with Crippen molar-refractivity contribution in [2.24, 2.45) is 0 Å². The zero-order valence-electron chi connectivity index (χ0n) is 10.6. The van der Waals surface area contributed by atoms with E-state index in [0.29, 0.717) is 0 Å². The fourth-order valence-electron chi connectivity index (χ4n) is 1.91. The molecule has 0 saturated heterocycles. The number of hydrogen-bond acceptors (Lipinski definition) is 3. The van der Waals surface area contributed by atoms with Gasteiger partial charge in [0.05, 0.1) is 12.6 Å². The Morgan fingerprint density at radius 2 is 2.24 bits per heavy atom. The molecule has 1 amide bonds. The van der Waals surface area contributed by atoms with E-state index in [2.05, 4.69) is 12.2 Å². The van der Waals surface area contributed by atoms with Gasteiger partial charge in [-0.1, -0.05) is 25.8 Å². The third-order valence-electron chi connectivity index (χ3n) is 2.74. The zero-order chi connectivity index (χ0) is 12.9. The van der Waals surface area contributed by atoms with Crippen LogP contribution in [-0.2, 0) is 14.3 Å². The van der Waals surface area contributed by atoms with Crippen LogP contribution in [0.25, 0.3) is 0 Å². The van der Waals surface area contributed by atoms with Gasteiger partial charge >= 0.3 is 0 Å². The molecule has 1 N–H and O–H groups in total. The first-order valence-corrected chi connectivity index (χ1v) is 5.82. The first-order chi connectivity index (χ1) is 8.03. The summed E-state index contributed by atoms with van der Waals surface area (Å²) in [7, 11) is 1.46. The molecule has 0 fully saturated rings. The van der Waals surface area contributed by atoms with Gasteiger partial charge in [-0.15, -0.1) is 0 Å². The van der Waals surface area contributed by atoms with E-state index < -0.39 is 5.54 Å². The summed E-state index contributed by atoms with van der Waals surface area (Å²) < 4.78 is 5.03. The van der Waals surface area contributed by atoms with Crippen LogP contribution in [0.1, 0.15) is 33.1 Å². The van der Waals surface area contributed by atoms with E-state index in [0.717, 1.165) is 19.3 Å². The van der Waals surface area contributed by atoms with Gasteiger partial charge in [-0.05, 0) is 18.6 Å². The summed E-state index contributed by atoms with van der Waals surface area (Å²) >= 11 is 0. The lowest BCUT2D eigenvalue weighted by Gasteiger charge is -2.31. The molecule has 1 atom stereocenters. The first-order valence-electron chi connectivity index (χ1n) is 5.82. The van der Waals surface area contributed by atoms with Crippen molar-refractivity contribution in [2.45, 2.75) is 38.6 Å². The smallest absolute Gasteiger partial charge is 0.219 e. The molecule has 0 aromatic rings. The van der Waals surface area contributed by atoms with Crippen molar-refractivity contribution in [1.82, 2.24) is 5.32 Å². The molecular weight excluding hydrogens is 218 g/mol. The third-order valence-corrected chi connectivity index (χ3v) is 2.74. The third kappa shape index (κ3) is 3.44. The highest BCUT2D eigenvalue weighted by molar-refractivity contribution is 6.04. The number of methoxy groups -OCH3 is 1. The molecule has 0 spiro atoms. The fraction of sp³-hybridized carbons (Fsp3) is 0.538. The number of allylic oxidation sites excluding steroid dienone is 1. The van der Waals surface area contributed by atoms with Gasteiger partial charge in [0, 0.05) is 6.92 Å². The average molecular weight is 237 g/mol. The van der Waals surface area contributed by atoms with E-state index in [1.807, 2.05) is 0 Å². The van der Waals surface area contributed by atoms with Gasteiger partial charge in [0.1, 0.15) is 0 Å². The van der Waals surface area contributed by atoms with Crippen LogP contribution in [0.5, 0.6) is 0 Å². The molecule has 0 bridgehead atoms. The monoisotopic (exact) mass is 237 g/mol. The number of hydrogen-bond donors (Lipinski definition) is 1. The van der Waals surface area contributed by atoms with Gasteiger partial charge in [0.25, 0.3) is 0 Å². The maximum Gasteiger partial charge on any atom is 0.219 e. The van der Waals surface area contributed by atoms with Gasteiger partial charge < -0.3 is 10.1 Å². The van der Waals surface area contributed by atoms with Crippen molar-refractivity contribution in [1.29, 1.82) is 0 Å². The second-order valence-electron chi connectivity index (χ2n) is 4.24. The summed E-state index contributed by atoms with van der Waals surface area (Å²) in [4.78, 5) is 22.7. The predicted octanol–water partition coefficient (Wildman–Crippen LogP) is 1.72. The summed E-state index contributed by atoms with van der Waals surface area (Å²) in [6, 6.07) is 0. The largest absolute Gasteiger partial charge is 0.493 e. The highest BCUT2D eigenvalue weighted by atomic mass is 16.5. The number of ether oxygens (including phenoxy) is 1. The van der Waals surface area contributed by atoms with E-state index >= 15 is 0 Å². The molecule has 0 aliphatic heterocycles. The van der Waals surface area contributed by atoms with Crippen LogP contribution in [0.3, 0.4) is 0 Å². The van der Waals surface area contributed by atoms with Gasteiger partial charge in [-0.25, -0.2) is 0 Å². The minimum atomic E-state index is -0.582. The van der Waals surface area contributed by atoms with Crippen molar-refractivity contribution in [3.63, 3.8) is 0 Å². The minimum absolute atomic E-state index is 0.119. The van der Waals surface area contributed by atoms with Crippen molar-refractivity contribution in [2.75, 3.05) is 7.11 Å². The molecule has 94 valence electrons. The topological polar surface area (TPSA) is 55.4 Å². The molecule has 1 aliphatic rings. The zero-order valence-corrected chi connectivity index (χ0v) is 10.6. The summed E-state index contributed by atoms with van der Waals surface area (Å²) in [5.41, 5.74) is -0.582. The summed E-state index contributed by atoms with van der Waals surface area (Å²) in [5, 5.41) is 2.88. The average Bonchev–Trinajstić information content (AvgIpc) is 2.29. The van der Waals surface area contributed by atoms with E-state index in [4.69, 9.17) is 4.74 Å². The SMILES string of the molecule is CCCCC1(NC(C)=O)C=CC(=O)C(OC)=C1. The maximum atomic E-state index is 11.5. The number of carbonyl (C=O) groups is 2. The lowest BCUT2D eigenvalue weighted by Crippen LogP contribution is -2.46. The quantitative estimate of drug-likeness (QED) is 0.792. The molecule has 0 heterocycles. The lowest BCUT2D eigenvalue weighted by atomic mass is 9.87. The number of unbranched alkanes of at least 4 members (excludes halogenated alkanes) is 1. The Balaban J connectivity index is 2.97. The second kappa shape index (κ2) is 5.66. The molecular formula is C13H19NO3. The standard InChI is InChI=1S/C13H19NO3/c1-4-5-7-13(14-10(2)15)8-6-11(16)12(9-13)17-3/h6,8-9H,4-5,7H2,1-3H3,(H,14,15). The van der Waals surface area contributed by atoms with E-state index in [1.54, 1.807) is 12.2 Å². The molecule has 0 aromatic carbocycles. The van der Waals surface area contributed by atoms with E-state index in [-0.39, 0.29) is 17.4 Å². The van der Waals surface area contributed by atoms with Gasteiger partial charge in [-0.3, -0.25) is 9.59 Å². The summed E-state index contributed by atoms with van der Waals surface area (Å²) in [6.07, 6.45) is 7.66. The molecule has 1 rings (SSSR count). The van der Waals surface area contributed by atoms with E-state index in [1.165, 1.54) is 20.1 Å². The number of nitrogens with one attached hydrogen (secondary N) is 1. The molecule has 4 heteroatoms. The van der Waals surface area contributed by atoms with Crippen molar-refractivity contribution in [3.8, 4) is 0 Å². The molecule has 17 heavy (non-hydrogen) atoms. The Kier molecular flexibility index (Phi) is 4.49. The minimum Gasteiger partial charge on any atom is -0.493 e. The molecule has 0 aromatic heterocycles. The first kappa shape index (κ1) is 13.5. The molecule has 4 nitrogen and oxygen atoms in total. The number of rotatable bonds is 5. The maximum absolute atomic E-state index is 11.5. The second-order valence-corrected chi connectivity index (χ2v) is 4.24. The van der Waals surface area contributed by atoms with E-state index in [9.17, 15) is 9.59 Å². The van der Waals surface area contributed by atoms with Gasteiger partial charge in [0.15, 0.2) is 5.76 Å². The predicted molar refractivity (Wildman–Crippen MR) is 65.3 cm³/mol. The van der Waals surface area contributed by atoms with Crippen LogP contribution in [0, 0.1) is 0 Å². The Hall–Kier alpha value is -1.58. The van der Waals surface area contributed by atoms with Crippen molar-refractivity contribution in [3.05, 3.63) is 24.0 Å². The molecule has 1 aliphatic carbocycles. The number of amides is 1. The summed E-state index contributed by atoms with van der Waals surface area (Å²) in [5.74, 6) is 0.00846. The number of carbonyl (C=O) groups excluding carboxylic acids is 2. The van der Waals surface area contributed by atoms with Crippen LogP contribution >= 0.6 is 0 Å². The van der Waals surface area contributed by atoms with Gasteiger partial charge in [0.2, 0.25) is 11.7 Å². The Morgan fingerprint density at radius 1 is 1.53 bits per heavy atom. The number of ketones is 1. The van der Waals surface area contributed by atoms with Crippen molar-refractivity contribution >= 4 is 11.7 Å². The highest BCUT2D eigenvalue weighted by Crippen LogP contribution is 2.24. The molecule has 0 radical (unpaired) electrons. The Morgan fingerprint density at radius 3 is 2.76 bits per heavy atom. The highest BCUT2D eigenvalue weighted by Gasteiger charge is 2.30. The van der Waals surface area contributed by atoms with Crippen LogP contribution in [-0.4, -0.2) is 24.3 Å². The van der Waals surface area contributed by atoms with Crippen LogP contribution in [0.4, 0.5) is 0 Å². The van der Waals surface area contributed by atoms with Crippen LogP contribution < -0.4 is 5.32 Å². The molecule has 0 saturated carbocycles. The summed E-state index contributed by atoms with van der Waals surface area (Å²) in [6.45, 7) is 3.55. The normalized spacial score (nSPS) is 23.2. The van der Waals surface area contributed by atoms with Crippen LogP contribution in [0.15, 0.2) is 24.0 Å². The lowest BCUT2D eigenvalue weighted by molar-refractivity contribution is -0.120. The molecule has 1 unspecified atom stereocenters. The van der Waals surface area contributed by atoms with Gasteiger partial charge in [-0.2, -0.15) is 0 Å². The Bertz CT molecular complexity index is 371. The Labute approximate surface area is 102 Å². The fourth-order valence-corrected chi connectivity index (χ4v) is 1.91. The van der Waals surface area contributed by atoms with Crippen LogP contribution in [0.2, 0.25) is 0 Å².